The Labute approximate surface area is 117 Å². The number of rotatable bonds is 5. The molecule has 0 fully saturated rings. The van der Waals surface area contributed by atoms with Crippen molar-refractivity contribution in [3.63, 3.8) is 0 Å². The lowest BCUT2D eigenvalue weighted by Gasteiger charge is -2.07. The third-order valence-corrected chi connectivity index (χ3v) is 2.74. The fourth-order valence-corrected chi connectivity index (χ4v) is 1.68. The summed E-state index contributed by atoms with van der Waals surface area (Å²) in [5, 5.41) is 5.50. The van der Waals surface area contributed by atoms with Crippen molar-refractivity contribution in [2.24, 2.45) is 0 Å². The van der Waals surface area contributed by atoms with Crippen molar-refractivity contribution < 1.29 is 9.18 Å². The van der Waals surface area contributed by atoms with Gasteiger partial charge in [-0.25, -0.2) is 4.39 Å². The maximum absolute atomic E-state index is 13.3. The molecule has 104 valence electrons. The lowest BCUT2D eigenvalue weighted by atomic mass is 10.2. The summed E-state index contributed by atoms with van der Waals surface area (Å²) in [5.41, 5.74) is 2.14. The van der Waals surface area contributed by atoms with Gasteiger partial charge in [0.1, 0.15) is 5.82 Å². The van der Waals surface area contributed by atoms with Crippen LogP contribution in [0.25, 0.3) is 0 Å². The number of halogens is 1. The fourth-order valence-electron chi connectivity index (χ4n) is 1.68. The van der Waals surface area contributed by atoms with Gasteiger partial charge in [-0.05, 0) is 30.7 Å². The van der Waals surface area contributed by atoms with Crippen LogP contribution in [0.3, 0.4) is 0 Å². The molecule has 0 bridgehead atoms. The maximum Gasteiger partial charge on any atom is 0.238 e. The predicted octanol–water partition coefficient (Wildman–Crippen LogP) is 2.26. The van der Waals surface area contributed by atoms with E-state index in [9.17, 15) is 9.18 Å². The highest BCUT2D eigenvalue weighted by atomic mass is 19.1. The summed E-state index contributed by atoms with van der Waals surface area (Å²) in [4.78, 5) is 15.8. The monoisotopic (exact) mass is 273 g/mol. The molecule has 0 aliphatic rings. The Kier molecular flexibility index (Phi) is 4.79. The average molecular weight is 273 g/mol. The van der Waals surface area contributed by atoms with Crippen LogP contribution < -0.4 is 10.6 Å². The van der Waals surface area contributed by atoms with Gasteiger partial charge in [0.05, 0.1) is 12.2 Å². The third-order valence-electron chi connectivity index (χ3n) is 2.74. The highest BCUT2D eigenvalue weighted by Crippen LogP contribution is 2.11. The highest BCUT2D eigenvalue weighted by Gasteiger charge is 2.05. The number of nitrogens with one attached hydrogen (secondary N) is 2. The van der Waals surface area contributed by atoms with Crippen molar-refractivity contribution >= 4 is 11.6 Å². The Hall–Kier alpha value is -2.27. The lowest BCUT2D eigenvalue weighted by molar-refractivity contribution is -0.115. The number of amides is 1. The van der Waals surface area contributed by atoms with E-state index in [2.05, 4.69) is 15.6 Å². The molecule has 0 aliphatic heterocycles. The molecule has 0 saturated heterocycles. The van der Waals surface area contributed by atoms with E-state index in [1.165, 1.54) is 12.1 Å². The summed E-state index contributed by atoms with van der Waals surface area (Å²) < 4.78 is 13.3. The number of para-hydroxylation sites is 1. The zero-order valence-electron chi connectivity index (χ0n) is 11.2. The Morgan fingerprint density at radius 1 is 1.25 bits per heavy atom. The summed E-state index contributed by atoms with van der Waals surface area (Å²) in [5.74, 6) is -0.723. The van der Waals surface area contributed by atoms with Crippen molar-refractivity contribution in [2.45, 2.75) is 13.5 Å². The van der Waals surface area contributed by atoms with Crippen LogP contribution in [0.1, 0.15) is 11.3 Å². The minimum absolute atomic E-state index is 0.113. The zero-order valence-corrected chi connectivity index (χ0v) is 11.2. The lowest BCUT2D eigenvalue weighted by Crippen LogP contribution is -2.28. The van der Waals surface area contributed by atoms with Crippen LogP contribution in [0.15, 0.2) is 42.6 Å². The first-order valence-electron chi connectivity index (χ1n) is 6.32. The van der Waals surface area contributed by atoms with E-state index >= 15 is 0 Å². The number of aryl methyl sites for hydroxylation is 1. The van der Waals surface area contributed by atoms with Crippen LogP contribution >= 0.6 is 0 Å². The van der Waals surface area contributed by atoms with Crippen molar-refractivity contribution in [1.29, 1.82) is 0 Å². The predicted molar refractivity (Wildman–Crippen MR) is 75.7 cm³/mol. The summed E-state index contributed by atoms with van der Waals surface area (Å²) in [6, 6.07) is 9.94. The Morgan fingerprint density at radius 3 is 2.75 bits per heavy atom. The number of benzene rings is 1. The second-order valence-electron chi connectivity index (χ2n) is 4.44. The van der Waals surface area contributed by atoms with Crippen LogP contribution in [0.4, 0.5) is 10.1 Å². The molecular formula is C15H16FN3O. The molecule has 0 aliphatic carbocycles. The third kappa shape index (κ3) is 4.13. The van der Waals surface area contributed by atoms with Gasteiger partial charge in [-0.3, -0.25) is 9.78 Å². The van der Waals surface area contributed by atoms with Gasteiger partial charge in [-0.1, -0.05) is 18.2 Å². The number of nitrogens with zero attached hydrogens (tertiary/aromatic N) is 1. The number of hydrogen-bond donors (Lipinski definition) is 2. The Bertz CT molecular complexity index is 584. The summed E-state index contributed by atoms with van der Waals surface area (Å²) in [6.07, 6.45) is 1.76. The van der Waals surface area contributed by atoms with E-state index in [0.717, 1.165) is 11.3 Å². The minimum atomic E-state index is -0.441. The molecule has 2 aromatic rings. The van der Waals surface area contributed by atoms with E-state index in [-0.39, 0.29) is 18.1 Å². The zero-order chi connectivity index (χ0) is 14.4. The molecule has 0 atom stereocenters. The number of hydrogen-bond acceptors (Lipinski definition) is 3. The molecule has 20 heavy (non-hydrogen) atoms. The van der Waals surface area contributed by atoms with Crippen molar-refractivity contribution in [1.82, 2.24) is 10.3 Å². The maximum atomic E-state index is 13.3. The first-order valence-corrected chi connectivity index (χ1v) is 6.32. The van der Waals surface area contributed by atoms with Crippen LogP contribution in [0.2, 0.25) is 0 Å². The molecule has 1 amide bonds. The second-order valence-corrected chi connectivity index (χ2v) is 4.44. The van der Waals surface area contributed by atoms with E-state index in [4.69, 9.17) is 0 Å². The van der Waals surface area contributed by atoms with Crippen molar-refractivity contribution in [3.05, 3.63) is 59.7 Å². The van der Waals surface area contributed by atoms with Gasteiger partial charge in [0.2, 0.25) is 5.91 Å². The molecule has 4 nitrogen and oxygen atoms in total. The van der Waals surface area contributed by atoms with E-state index in [0.29, 0.717) is 6.54 Å². The van der Waals surface area contributed by atoms with E-state index in [1.54, 1.807) is 18.3 Å². The molecule has 0 radical (unpaired) electrons. The number of anilines is 1. The van der Waals surface area contributed by atoms with Gasteiger partial charge >= 0.3 is 0 Å². The average Bonchev–Trinajstić information content (AvgIpc) is 2.44. The molecular weight excluding hydrogens is 257 g/mol. The first kappa shape index (κ1) is 14.1. The Morgan fingerprint density at radius 2 is 2.05 bits per heavy atom. The van der Waals surface area contributed by atoms with Gasteiger partial charge in [-0.15, -0.1) is 0 Å². The van der Waals surface area contributed by atoms with E-state index in [1.807, 2.05) is 19.1 Å². The molecule has 0 unspecified atom stereocenters. The van der Waals surface area contributed by atoms with Gasteiger partial charge < -0.3 is 10.6 Å². The smallest absolute Gasteiger partial charge is 0.238 e. The summed E-state index contributed by atoms with van der Waals surface area (Å²) in [7, 11) is 0. The van der Waals surface area contributed by atoms with Gasteiger partial charge in [0, 0.05) is 18.4 Å². The molecule has 0 saturated carbocycles. The number of carbonyl (C=O) groups is 1. The highest BCUT2D eigenvalue weighted by molar-refractivity contribution is 5.92. The molecule has 1 heterocycles. The number of carbonyl (C=O) groups excluding carboxylic acids is 1. The molecule has 2 rings (SSSR count). The largest absolute Gasteiger partial charge is 0.322 e. The number of pyridine rings is 1. The van der Waals surface area contributed by atoms with Crippen LogP contribution in [-0.4, -0.2) is 17.4 Å². The van der Waals surface area contributed by atoms with Crippen LogP contribution in [0.5, 0.6) is 0 Å². The topological polar surface area (TPSA) is 54.0 Å². The van der Waals surface area contributed by atoms with Crippen LogP contribution in [-0.2, 0) is 11.3 Å². The van der Waals surface area contributed by atoms with Crippen LogP contribution in [0, 0.1) is 12.7 Å². The van der Waals surface area contributed by atoms with Crippen molar-refractivity contribution in [2.75, 3.05) is 11.9 Å². The van der Waals surface area contributed by atoms with Gasteiger partial charge in [-0.2, -0.15) is 0 Å². The van der Waals surface area contributed by atoms with Gasteiger partial charge in [0.25, 0.3) is 0 Å². The summed E-state index contributed by atoms with van der Waals surface area (Å²) in [6.45, 7) is 2.57. The first-order chi connectivity index (χ1) is 9.65. The molecule has 2 N–H and O–H groups in total. The standard InChI is InChI=1S/C15H16FN3O/c1-11-6-7-12(9-18-11)8-17-10-15(20)19-14-5-3-2-4-13(14)16/h2-7,9,17H,8,10H2,1H3,(H,19,20). The van der Waals surface area contributed by atoms with Crippen molar-refractivity contribution in [3.8, 4) is 0 Å². The SMILES string of the molecule is Cc1ccc(CNCC(=O)Nc2ccccc2F)cn1. The molecule has 0 spiro atoms. The molecule has 1 aromatic carbocycles. The Balaban J connectivity index is 1.78. The number of aromatic nitrogens is 1. The minimum Gasteiger partial charge on any atom is -0.322 e. The molecule has 5 heteroatoms. The summed E-state index contributed by atoms with van der Waals surface area (Å²) >= 11 is 0. The quantitative estimate of drug-likeness (QED) is 0.878. The second kappa shape index (κ2) is 6.77. The normalized spacial score (nSPS) is 10.3. The molecule has 1 aromatic heterocycles. The van der Waals surface area contributed by atoms with E-state index < -0.39 is 5.82 Å². The van der Waals surface area contributed by atoms with Gasteiger partial charge in [0.15, 0.2) is 0 Å². The fraction of sp³-hybridized carbons (Fsp3) is 0.200.